The van der Waals surface area contributed by atoms with Gasteiger partial charge < -0.3 is 4.42 Å². The van der Waals surface area contributed by atoms with Crippen LogP contribution in [-0.2, 0) is 0 Å². The van der Waals surface area contributed by atoms with Gasteiger partial charge in [-0.25, -0.2) is 4.98 Å². The van der Waals surface area contributed by atoms with Gasteiger partial charge in [-0.3, -0.25) is 0 Å². The zero-order valence-electron chi connectivity index (χ0n) is 4.91. The molecule has 0 spiro atoms. The first-order valence-electron chi connectivity index (χ1n) is 2.71. The number of halogens is 1. The van der Waals surface area contributed by atoms with Crippen LogP contribution in [-0.4, -0.2) is 9.97 Å². The third-order valence-electron chi connectivity index (χ3n) is 1.15. The molecular weight excluding hydrogens is 152 g/mol. The molecule has 3 nitrogen and oxygen atoms in total. The van der Waals surface area contributed by atoms with Crippen molar-refractivity contribution in [2.45, 2.75) is 0 Å². The minimum Gasteiger partial charge on any atom is -0.442 e. The largest absolute Gasteiger partial charge is 0.442 e. The second kappa shape index (κ2) is 1.95. The number of fused-ring (bicyclic) bond motifs is 1. The fraction of sp³-hybridized carbons (Fsp3) is 0. The Morgan fingerprint density at radius 3 is 3.20 bits per heavy atom. The molecule has 0 aliphatic carbocycles. The van der Waals surface area contributed by atoms with E-state index in [1.807, 2.05) is 0 Å². The minimum atomic E-state index is 0.559. The first-order valence-corrected chi connectivity index (χ1v) is 3.09. The average Bonchev–Trinajstić information content (AvgIpc) is 2.33. The Morgan fingerprint density at radius 2 is 2.30 bits per heavy atom. The Kier molecular flexibility index (Phi) is 1.11. The summed E-state index contributed by atoms with van der Waals surface area (Å²) < 4.78 is 4.94. The molecule has 0 N–H and O–H groups in total. The Bertz CT molecular complexity index is 357. The minimum absolute atomic E-state index is 0.559. The highest BCUT2D eigenvalue weighted by molar-refractivity contribution is 6.30. The lowest BCUT2D eigenvalue weighted by Gasteiger charge is -1.84. The van der Waals surface area contributed by atoms with Gasteiger partial charge in [0.2, 0.25) is 0 Å². The molecular formula is C6H3ClN2O. The lowest BCUT2D eigenvalue weighted by Crippen LogP contribution is -1.73. The number of hydrogen-bond acceptors (Lipinski definition) is 3. The quantitative estimate of drug-likeness (QED) is 0.582. The van der Waals surface area contributed by atoms with Crippen LogP contribution in [0.2, 0.25) is 5.02 Å². The number of nitrogens with zero attached hydrogens (tertiary/aromatic N) is 2. The summed E-state index contributed by atoms with van der Waals surface area (Å²) >= 11 is 5.63. The van der Waals surface area contributed by atoms with Crippen molar-refractivity contribution in [1.82, 2.24) is 9.97 Å². The molecule has 0 aliphatic heterocycles. The van der Waals surface area contributed by atoms with Crippen molar-refractivity contribution >= 4 is 22.8 Å². The maximum atomic E-state index is 5.63. The van der Waals surface area contributed by atoms with E-state index in [0.29, 0.717) is 16.3 Å². The normalized spacial score (nSPS) is 10.5. The van der Waals surface area contributed by atoms with Crippen LogP contribution >= 0.6 is 11.6 Å². The fourth-order valence-corrected chi connectivity index (χ4v) is 0.878. The van der Waals surface area contributed by atoms with Gasteiger partial charge in [-0.1, -0.05) is 11.6 Å². The molecule has 50 valence electrons. The van der Waals surface area contributed by atoms with Crippen molar-refractivity contribution in [3.8, 4) is 0 Å². The molecule has 0 radical (unpaired) electrons. The fourth-order valence-electron chi connectivity index (χ4n) is 0.730. The van der Waals surface area contributed by atoms with Crippen LogP contribution in [0.15, 0.2) is 23.1 Å². The van der Waals surface area contributed by atoms with E-state index in [1.54, 1.807) is 6.07 Å². The van der Waals surface area contributed by atoms with Crippen LogP contribution in [0, 0.1) is 0 Å². The van der Waals surface area contributed by atoms with Gasteiger partial charge in [0, 0.05) is 12.3 Å². The van der Waals surface area contributed by atoms with Crippen LogP contribution in [0.25, 0.3) is 11.2 Å². The van der Waals surface area contributed by atoms with E-state index in [4.69, 9.17) is 16.0 Å². The summed E-state index contributed by atoms with van der Waals surface area (Å²) in [5.41, 5.74) is 1.21. The third kappa shape index (κ3) is 0.752. The van der Waals surface area contributed by atoms with E-state index in [2.05, 4.69) is 9.97 Å². The van der Waals surface area contributed by atoms with E-state index >= 15 is 0 Å². The van der Waals surface area contributed by atoms with E-state index in [0.717, 1.165) is 0 Å². The van der Waals surface area contributed by atoms with E-state index in [1.165, 1.54) is 12.6 Å². The van der Waals surface area contributed by atoms with Crippen molar-refractivity contribution in [1.29, 1.82) is 0 Å². The highest BCUT2D eigenvalue weighted by Gasteiger charge is 1.97. The second-order valence-electron chi connectivity index (χ2n) is 1.83. The van der Waals surface area contributed by atoms with Gasteiger partial charge in [0.15, 0.2) is 17.6 Å². The lowest BCUT2D eigenvalue weighted by atomic mass is 10.5. The summed E-state index contributed by atoms with van der Waals surface area (Å²) in [6.07, 6.45) is 2.88. The van der Waals surface area contributed by atoms with Crippen LogP contribution in [0.5, 0.6) is 0 Å². The Labute approximate surface area is 61.6 Å². The summed E-state index contributed by atoms with van der Waals surface area (Å²) in [4.78, 5) is 7.73. The number of pyridine rings is 1. The highest BCUT2D eigenvalue weighted by atomic mass is 35.5. The van der Waals surface area contributed by atoms with Gasteiger partial charge in [-0.15, -0.1) is 0 Å². The predicted molar refractivity (Wildman–Crippen MR) is 36.8 cm³/mol. The van der Waals surface area contributed by atoms with Crippen molar-refractivity contribution in [2.75, 3.05) is 0 Å². The maximum Gasteiger partial charge on any atom is 0.198 e. The summed E-state index contributed by atoms with van der Waals surface area (Å²) in [5, 5.41) is 0.559. The van der Waals surface area contributed by atoms with Crippen molar-refractivity contribution in [3.05, 3.63) is 23.7 Å². The molecule has 0 amide bonds. The lowest BCUT2D eigenvalue weighted by molar-refractivity contribution is 0.602. The van der Waals surface area contributed by atoms with Crippen molar-refractivity contribution in [3.63, 3.8) is 0 Å². The van der Waals surface area contributed by atoms with Crippen molar-refractivity contribution < 1.29 is 4.42 Å². The molecule has 0 atom stereocenters. The van der Waals surface area contributed by atoms with Gasteiger partial charge in [-0.05, 0) is 0 Å². The molecule has 2 aromatic rings. The predicted octanol–water partition coefficient (Wildman–Crippen LogP) is 1.88. The van der Waals surface area contributed by atoms with E-state index in [9.17, 15) is 0 Å². The summed E-state index contributed by atoms with van der Waals surface area (Å²) in [6.45, 7) is 0. The number of aromatic nitrogens is 2. The molecule has 2 heterocycles. The molecule has 0 bridgehead atoms. The number of hydrogen-bond donors (Lipinski definition) is 0. The molecule has 2 rings (SSSR count). The third-order valence-corrected chi connectivity index (χ3v) is 1.36. The number of oxazole rings is 1. The van der Waals surface area contributed by atoms with E-state index in [-0.39, 0.29) is 0 Å². The Morgan fingerprint density at radius 1 is 1.40 bits per heavy atom. The summed E-state index contributed by atoms with van der Waals surface area (Å²) in [6, 6.07) is 1.68. The van der Waals surface area contributed by atoms with Crippen molar-refractivity contribution in [2.24, 2.45) is 0 Å². The zero-order valence-corrected chi connectivity index (χ0v) is 5.67. The van der Waals surface area contributed by atoms with E-state index < -0.39 is 0 Å². The highest BCUT2D eigenvalue weighted by Crippen LogP contribution is 2.14. The topological polar surface area (TPSA) is 38.9 Å². The molecule has 0 aliphatic rings. The smallest absolute Gasteiger partial charge is 0.198 e. The molecule has 10 heavy (non-hydrogen) atoms. The first-order chi connectivity index (χ1) is 4.86. The summed E-state index contributed by atoms with van der Waals surface area (Å²) in [5.74, 6) is 0. The SMILES string of the molecule is Clc1cnc2ncoc2c1. The standard InChI is InChI=1S/C6H3ClN2O/c7-4-1-5-6(8-2-4)9-3-10-5/h1-3H. The molecule has 2 aromatic heterocycles. The monoisotopic (exact) mass is 154 g/mol. The molecule has 0 fully saturated rings. The summed E-state index contributed by atoms with van der Waals surface area (Å²) in [7, 11) is 0. The van der Waals surface area contributed by atoms with Crippen LogP contribution in [0.4, 0.5) is 0 Å². The molecule has 0 saturated heterocycles. The van der Waals surface area contributed by atoms with Gasteiger partial charge >= 0.3 is 0 Å². The Balaban J connectivity index is 2.86. The number of rotatable bonds is 0. The Hall–Kier alpha value is -1.09. The van der Waals surface area contributed by atoms with Crippen LogP contribution in [0.3, 0.4) is 0 Å². The van der Waals surface area contributed by atoms with Gasteiger partial charge in [0.05, 0.1) is 5.02 Å². The second-order valence-corrected chi connectivity index (χ2v) is 2.26. The van der Waals surface area contributed by atoms with Gasteiger partial charge in [0.25, 0.3) is 0 Å². The van der Waals surface area contributed by atoms with Crippen LogP contribution in [0.1, 0.15) is 0 Å². The first kappa shape index (κ1) is 5.68. The molecule has 0 aromatic carbocycles. The zero-order chi connectivity index (χ0) is 6.97. The van der Waals surface area contributed by atoms with Gasteiger partial charge in [0.1, 0.15) is 0 Å². The molecule has 4 heteroatoms. The van der Waals surface area contributed by atoms with Gasteiger partial charge in [-0.2, -0.15) is 4.98 Å². The molecule has 0 saturated carbocycles. The molecule has 0 unspecified atom stereocenters. The maximum absolute atomic E-state index is 5.63. The van der Waals surface area contributed by atoms with Crippen LogP contribution < -0.4 is 0 Å². The average molecular weight is 155 g/mol.